The van der Waals surface area contributed by atoms with Crippen molar-refractivity contribution in [2.24, 2.45) is 5.92 Å². The number of hydrogen-bond donors (Lipinski definition) is 0. The van der Waals surface area contributed by atoms with Gasteiger partial charge in [-0.15, -0.1) is 0 Å². The van der Waals surface area contributed by atoms with Crippen LogP contribution in [0.3, 0.4) is 0 Å². The molecule has 2 rings (SSSR count). The lowest BCUT2D eigenvalue weighted by molar-refractivity contribution is 0.0707. The SMILES string of the molecule is N#CC1CCN(C(=O)c2ccc(Cl)cc2Cl)CC1. The summed E-state index contributed by atoms with van der Waals surface area (Å²) in [6, 6.07) is 7.11. The molecule has 3 nitrogen and oxygen atoms in total. The summed E-state index contributed by atoms with van der Waals surface area (Å²) in [4.78, 5) is 14.0. The van der Waals surface area contributed by atoms with E-state index in [4.69, 9.17) is 28.5 Å². The van der Waals surface area contributed by atoms with Crippen LogP contribution in [0.2, 0.25) is 10.0 Å². The molecule has 0 spiro atoms. The number of benzene rings is 1. The minimum absolute atomic E-state index is 0.0646. The summed E-state index contributed by atoms with van der Waals surface area (Å²) in [5.41, 5.74) is 0.469. The molecule has 0 aromatic heterocycles. The summed E-state index contributed by atoms with van der Waals surface area (Å²) in [7, 11) is 0. The van der Waals surface area contributed by atoms with Gasteiger partial charge in [0.2, 0.25) is 0 Å². The van der Waals surface area contributed by atoms with Gasteiger partial charge in [0.15, 0.2) is 0 Å². The molecule has 1 aromatic rings. The minimum atomic E-state index is -0.0898. The Morgan fingerprint density at radius 2 is 2.00 bits per heavy atom. The Morgan fingerprint density at radius 3 is 2.56 bits per heavy atom. The molecule has 1 fully saturated rings. The molecular weight excluding hydrogens is 271 g/mol. The van der Waals surface area contributed by atoms with Crippen LogP contribution in [0.5, 0.6) is 0 Å². The van der Waals surface area contributed by atoms with E-state index < -0.39 is 0 Å². The van der Waals surface area contributed by atoms with E-state index in [9.17, 15) is 4.79 Å². The summed E-state index contributed by atoms with van der Waals surface area (Å²) in [6.07, 6.45) is 1.46. The van der Waals surface area contributed by atoms with Gasteiger partial charge >= 0.3 is 0 Å². The molecule has 0 aliphatic carbocycles. The van der Waals surface area contributed by atoms with Crippen molar-refractivity contribution in [1.29, 1.82) is 5.26 Å². The van der Waals surface area contributed by atoms with Gasteiger partial charge in [-0.2, -0.15) is 5.26 Å². The fraction of sp³-hybridized carbons (Fsp3) is 0.385. The zero-order valence-corrected chi connectivity index (χ0v) is 11.2. The summed E-state index contributed by atoms with van der Waals surface area (Å²) in [5, 5.41) is 9.70. The van der Waals surface area contributed by atoms with Crippen LogP contribution in [-0.2, 0) is 0 Å². The average molecular weight is 283 g/mol. The topological polar surface area (TPSA) is 44.1 Å². The van der Waals surface area contributed by atoms with Crippen molar-refractivity contribution < 1.29 is 4.79 Å². The standard InChI is InChI=1S/C13H12Cl2N2O/c14-10-1-2-11(12(15)7-10)13(18)17-5-3-9(8-16)4-6-17/h1-2,7,9H,3-6H2. The highest BCUT2D eigenvalue weighted by Gasteiger charge is 2.24. The van der Waals surface area contributed by atoms with Crippen LogP contribution < -0.4 is 0 Å². The van der Waals surface area contributed by atoms with E-state index >= 15 is 0 Å². The zero-order valence-electron chi connectivity index (χ0n) is 9.70. The van der Waals surface area contributed by atoms with Crippen molar-refractivity contribution in [3.8, 4) is 6.07 Å². The van der Waals surface area contributed by atoms with Crippen LogP contribution >= 0.6 is 23.2 Å². The summed E-state index contributed by atoms with van der Waals surface area (Å²) < 4.78 is 0. The summed E-state index contributed by atoms with van der Waals surface area (Å²) >= 11 is 11.8. The van der Waals surface area contributed by atoms with Gasteiger partial charge in [-0.1, -0.05) is 23.2 Å². The predicted octanol–water partition coefficient (Wildman–Crippen LogP) is 3.37. The first-order valence-electron chi connectivity index (χ1n) is 5.75. The number of likely N-dealkylation sites (tertiary alicyclic amines) is 1. The van der Waals surface area contributed by atoms with Crippen molar-refractivity contribution in [2.45, 2.75) is 12.8 Å². The maximum absolute atomic E-state index is 12.2. The van der Waals surface area contributed by atoms with Gasteiger partial charge in [-0.25, -0.2) is 0 Å². The smallest absolute Gasteiger partial charge is 0.255 e. The molecule has 18 heavy (non-hydrogen) atoms. The molecule has 0 N–H and O–H groups in total. The highest BCUT2D eigenvalue weighted by Crippen LogP contribution is 2.24. The fourth-order valence-corrected chi connectivity index (χ4v) is 2.53. The second kappa shape index (κ2) is 5.60. The zero-order chi connectivity index (χ0) is 13.1. The van der Waals surface area contributed by atoms with Gasteiger partial charge in [0, 0.05) is 24.0 Å². The third-order valence-electron chi connectivity index (χ3n) is 3.13. The molecule has 0 unspecified atom stereocenters. The molecule has 1 heterocycles. The van der Waals surface area contributed by atoms with E-state index in [2.05, 4.69) is 6.07 Å². The number of hydrogen-bond acceptors (Lipinski definition) is 2. The van der Waals surface area contributed by atoms with Crippen molar-refractivity contribution in [3.05, 3.63) is 33.8 Å². The summed E-state index contributed by atoms with van der Waals surface area (Å²) in [6.45, 7) is 1.21. The Morgan fingerprint density at radius 1 is 1.33 bits per heavy atom. The molecule has 0 atom stereocenters. The molecule has 1 amide bonds. The molecule has 94 valence electrons. The Labute approximate surface area is 116 Å². The van der Waals surface area contributed by atoms with Crippen molar-refractivity contribution >= 4 is 29.1 Å². The normalized spacial score (nSPS) is 16.4. The summed E-state index contributed by atoms with van der Waals surface area (Å²) in [5.74, 6) is -0.0252. The van der Waals surface area contributed by atoms with Gasteiger partial charge in [-0.05, 0) is 31.0 Å². The van der Waals surface area contributed by atoms with Gasteiger partial charge < -0.3 is 4.90 Å². The maximum atomic E-state index is 12.2. The van der Waals surface area contributed by atoms with Crippen LogP contribution in [0.25, 0.3) is 0 Å². The van der Waals surface area contributed by atoms with Crippen LogP contribution in [0.4, 0.5) is 0 Å². The highest BCUT2D eigenvalue weighted by atomic mass is 35.5. The molecule has 0 saturated carbocycles. The highest BCUT2D eigenvalue weighted by molar-refractivity contribution is 6.36. The van der Waals surface area contributed by atoms with Gasteiger partial charge in [-0.3, -0.25) is 4.79 Å². The lowest BCUT2D eigenvalue weighted by Gasteiger charge is -2.29. The molecule has 1 aliphatic heterocycles. The lowest BCUT2D eigenvalue weighted by Crippen LogP contribution is -2.38. The van der Waals surface area contributed by atoms with E-state index in [1.165, 1.54) is 0 Å². The maximum Gasteiger partial charge on any atom is 0.255 e. The Hall–Kier alpha value is -1.24. The molecule has 1 saturated heterocycles. The van der Waals surface area contributed by atoms with E-state index in [1.54, 1.807) is 23.1 Å². The van der Waals surface area contributed by atoms with Gasteiger partial charge in [0.25, 0.3) is 5.91 Å². The van der Waals surface area contributed by atoms with Crippen LogP contribution in [0, 0.1) is 17.2 Å². The molecule has 1 aliphatic rings. The van der Waals surface area contributed by atoms with Crippen LogP contribution in [0.1, 0.15) is 23.2 Å². The predicted molar refractivity (Wildman–Crippen MR) is 70.7 cm³/mol. The van der Waals surface area contributed by atoms with E-state index in [0.29, 0.717) is 28.7 Å². The first kappa shape index (κ1) is 13.2. The lowest BCUT2D eigenvalue weighted by atomic mass is 9.98. The minimum Gasteiger partial charge on any atom is -0.339 e. The average Bonchev–Trinajstić information content (AvgIpc) is 2.38. The first-order chi connectivity index (χ1) is 8.61. The number of piperidine rings is 1. The molecule has 5 heteroatoms. The quantitative estimate of drug-likeness (QED) is 0.793. The largest absolute Gasteiger partial charge is 0.339 e. The Kier molecular flexibility index (Phi) is 4.11. The number of nitriles is 1. The van der Waals surface area contributed by atoms with Crippen molar-refractivity contribution in [2.75, 3.05) is 13.1 Å². The Balaban J connectivity index is 2.11. The molecule has 0 bridgehead atoms. The van der Waals surface area contributed by atoms with Crippen molar-refractivity contribution in [3.63, 3.8) is 0 Å². The molecule has 1 aromatic carbocycles. The van der Waals surface area contributed by atoms with Gasteiger partial charge in [0.1, 0.15) is 0 Å². The Bertz CT molecular complexity index is 502. The molecular formula is C13H12Cl2N2O. The second-order valence-corrected chi connectivity index (χ2v) is 5.16. The van der Waals surface area contributed by atoms with E-state index in [1.807, 2.05) is 0 Å². The number of halogens is 2. The number of rotatable bonds is 1. The second-order valence-electron chi connectivity index (χ2n) is 4.32. The van der Waals surface area contributed by atoms with E-state index in [0.717, 1.165) is 12.8 Å². The van der Waals surface area contributed by atoms with E-state index in [-0.39, 0.29) is 11.8 Å². The number of carbonyl (C=O) groups excluding carboxylic acids is 1. The van der Waals surface area contributed by atoms with Crippen LogP contribution in [-0.4, -0.2) is 23.9 Å². The fourth-order valence-electron chi connectivity index (χ4n) is 2.04. The van der Waals surface area contributed by atoms with Crippen LogP contribution in [0.15, 0.2) is 18.2 Å². The third-order valence-corrected chi connectivity index (χ3v) is 3.67. The third kappa shape index (κ3) is 2.77. The number of nitrogens with zero attached hydrogens (tertiary/aromatic N) is 2. The molecule has 0 radical (unpaired) electrons. The van der Waals surface area contributed by atoms with Crippen molar-refractivity contribution in [1.82, 2.24) is 4.90 Å². The first-order valence-corrected chi connectivity index (χ1v) is 6.51. The number of carbonyl (C=O) groups is 1. The van der Waals surface area contributed by atoms with Gasteiger partial charge in [0.05, 0.1) is 16.7 Å². The number of amides is 1. The monoisotopic (exact) mass is 282 g/mol.